The second-order valence-electron chi connectivity index (χ2n) is 8.13. The van der Waals surface area contributed by atoms with Gasteiger partial charge in [-0.05, 0) is 23.3 Å². The number of hydrogen-bond donors (Lipinski definition) is 1. The first-order chi connectivity index (χ1) is 16.2. The standard InChI is InChI=1S/C26H24N4O2S/c31-24(21-12-7-14-30(25(21)32)17-20-10-5-2-6-11-20)28-26-27-22-13-15-29(18-23(22)33-26)16-19-8-3-1-4-9-19/h1-12,14H,13,15-18H2,(H,27,28,31). The van der Waals surface area contributed by atoms with Crippen molar-refractivity contribution < 1.29 is 4.79 Å². The van der Waals surface area contributed by atoms with Crippen LogP contribution in [0.1, 0.15) is 32.1 Å². The molecule has 1 N–H and O–H groups in total. The van der Waals surface area contributed by atoms with E-state index < -0.39 is 5.91 Å². The minimum atomic E-state index is -0.422. The average molecular weight is 457 g/mol. The highest BCUT2D eigenvalue weighted by Gasteiger charge is 2.22. The summed E-state index contributed by atoms with van der Waals surface area (Å²) < 4.78 is 1.55. The molecule has 6 nitrogen and oxygen atoms in total. The molecule has 7 heteroatoms. The van der Waals surface area contributed by atoms with Crippen LogP contribution in [-0.4, -0.2) is 26.9 Å². The molecule has 0 spiro atoms. The summed E-state index contributed by atoms with van der Waals surface area (Å²) in [6, 6.07) is 23.4. The first-order valence-corrected chi connectivity index (χ1v) is 11.8. The summed E-state index contributed by atoms with van der Waals surface area (Å²) in [6.45, 7) is 3.06. The van der Waals surface area contributed by atoms with E-state index in [4.69, 9.17) is 0 Å². The number of nitrogens with one attached hydrogen (secondary N) is 1. The fraction of sp³-hybridized carbons (Fsp3) is 0.192. The van der Waals surface area contributed by atoms with E-state index in [1.807, 2.05) is 36.4 Å². The van der Waals surface area contributed by atoms with Gasteiger partial charge in [0.2, 0.25) is 0 Å². The molecule has 2 aromatic heterocycles. The molecule has 0 unspecified atom stereocenters. The van der Waals surface area contributed by atoms with Gasteiger partial charge in [-0.2, -0.15) is 0 Å². The molecule has 0 fully saturated rings. The first kappa shape index (κ1) is 21.3. The van der Waals surface area contributed by atoms with E-state index in [2.05, 4.69) is 39.5 Å². The van der Waals surface area contributed by atoms with Gasteiger partial charge in [0.15, 0.2) is 5.13 Å². The van der Waals surface area contributed by atoms with Crippen LogP contribution in [0.5, 0.6) is 0 Å². The van der Waals surface area contributed by atoms with Crippen molar-refractivity contribution in [1.82, 2.24) is 14.5 Å². The number of pyridine rings is 1. The molecule has 1 aliphatic heterocycles. The molecule has 0 atom stereocenters. The molecular formula is C26H24N4O2S. The molecule has 33 heavy (non-hydrogen) atoms. The van der Waals surface area contributed by atoms with Gasteiger partial charge in [-0.1, -0.05) is 60.7 Å². The van der Waals surface area contributed by atoms with Crippen molar-refractivity contribution >= 4 is 22.4 Å². The molecule has 5 rings (SSSR count). The van der Waals surface area contributed by atoms with E-state index >= 15 is 0 Å². The summed E-state index contributed by atoms with van der Waals surface area (Å²) in [4.78, 5) is 34.0. The Bertz CT molecular complexity index is 1320. The van der Waals surface area contributed by atoms with E-state index in [9.17, 15) is 9.59 Å². The third-order valence-corrected chi connectivity index (χ3v) is 6.74. The Morgan fingerprint density at radius 1 is 0.939 bits per heavy atom. The number of carbonyl (C=O) groups is 1. The molecular weight excluding hydrogens is 432 g/mol. The summed E-state index contributed by atoms with van der Waals surface area (Å²) in [5.74, 6) is -0.422. The van der Waals surface area contributed by atoms with Crippen LogP contribution in [0.15, 0.2) is 83.8 Å². The molecule has 4 aromatic rings. The molecule has 2 aromatic carbocycles. The zero-order chi connectivity index (χ0) is 22.6. The molecule has 3 heterocycles. The molecule has 0 saturated carbocycles. The summed E-state index contributed by atoms with van der Waals surface area (Å²) in [5, 5.41) is 3.39. The van der Waals surface area contributed by atoms with Gasteiger partial charge in [-0.25, -0.2) is 4.98 Å². The lowest BCUT2D eigenvalue weighted by Crippen LogP contribution is -2.29. The Morgan fingerprint density at radius 3 is 2.36 bits per heavy atom. The highest BCUT2D eigenvalue weighted by molar-refractivity contribution is 7.15. The molecule has 0 aliphatic carbocycles. The first-order valence-electron chi connectivity index (χ1n) is 11.0. The highest BCUT2D eigenvalue weighted by Crippen LogP contribution is 2.29. The van der Waals surface area contributed by atoms with Crippen LogP contribution in [0.4, 0.5) is 5.13 Å². The third kappa shape index (κ3) is 4.94. The van der Waals surface area contributed by atoms with Crippen LogP contribution in [0.3, 0.4) is 0 Å². The van der Waals surface area contributed by atoms with Crippen LogP contribution in [0, 0.1) is 0 Å². The Balaban J connectivity index is 1.28. The van der Waals surface area contributed by atoms with Crippen molar-refractivity contribution in [2.24, 2.45) is 0 Å². The number of thiazole rings is 1. The lowest BCUT2D eigenvalue weighted by molar-refractivity contribution is 0.102. The Morgan fingerprint density at radius 2 is 1.64 bits per heavy atom. The van der Waals surface area contributed by atoms with E-state index in [0.29, 0.717) is 11.7 Å². The highest BCUT2D eigenvalue weighted by atomic mass is 32.1. The molecule has 1 aliphatic rings. The number of anilines is 1. The predicted octanol–water partition coefficient (Wildman–Crippen LogP) is 4.16. The minimum Gasteiger partial charge on any atom is -0.310 e. The molecule has 0 bridgehead atoms. The van der Waals surface area contributed by atoms with Gasteiger partial charge in [0.25, 0.3) is 11.5 Å². The predicted molar refractivity (Wildman–Crippen MR) is 131 cm³/mol. The van der Waals surface area contributed by atoms with Crippen molar-refractivity contribution in [3.05, 3.63) is 117 Å². The van der Waals surface area contributed by atoms with Crippen LogP contribution in [-0.2, 0) is 26.1 Å². The maximum Gasteiger partial charge on any atom is 0.263 e. The SMILES string of the molecule is O=C(Nc1nc2c(s1)CN(Cc1ccccc1)CC2)c1cccn(Cc2ccccc2)c1=O. The van der Waals surface area contributed by atoms with Gasteiger partial charge in [0, 0.05) is 37.1 Å². The van der Waals surface area contributed by atoms with Gasteiger partial charge < -0.3 is 4.57 Å². The van der Waals surface area contributed by atoms with Gasteiger partial charge >= 0.3 is 0 Å². The molecule has 1 amide bonds. The number of rotatable bonds is 6. The zero-order valence-electron chi connectivity index (χ0n) is 18.1. The topological polar surface area (TPSA) is 67.2 Å². The Hall–Kier alpha value is -3.55. The summed E-state index contributed by atoms with van der Waals surface area (Å²) >= 11 is 1.49. The molecule has 0 saturated heterocycles. The number of carbonyl (C=O) groups excluding carboxylic acids is 1. The van der Waals surface area contributed by atoms with Gasteiger partial charge in [0.05, 0.1) is 12.2 Å². The van der Waals surface area contributed by atoms with Crippen LogP contribution < -0.4 is 10.9 Å². The zero-order valence-corrected chi connectivity index (χ0v) is 18.9. The number of fused-ring (bicyclic) bond motifs is 1. The fourth-order valence-electron chi connectivity index (χ4n) is 4.06. The van der Waals surface area contributed by atoms with E-state index in [-0.39, 0.29) is 11.1 Å². The van der Waals surface area contributed by atoms with Crippen LogP contribution >= 0.6 is 11.3 Å². The van der Waals surface area contributed by atoms with Crippen molar-refractivity contribution in [2.75, 3.05) is 11.9 Å². The third-order valence-electron chi connectivity index (χ3n) is 5.74. The fourth-order valence-corrected chi connectivity index (χ4v) is 5.10. The van der Waals surface area contributed by atoms with E-state index in [0.717, 1.165) is 37.3 Å². The summed E-state index contributed by atoms with van der Waals surface area (Å²) in [6.07, 6.45) is 2.55. The van der Waals surface area contributed by atoms with Crippen molar-refractivity contribution in [1.29, 1.82) is 0 Å². The minimum absolute atomic E-state index is 0.118. The van der Waals surface area contributed by atoms with Gasteiger partial charge in [-0.3, -0.25) is 19.8 Å². The smallest absolute Gasteiger partial charge is 0.263 e. The number of aromatic nitrogens is 2. The van der Waals surface area contributed by atoms with E-state index in [1.54, 1.807) is 22.9 Å². The number of hydrogen-bond acceptors (Lipinski definition) is 5. The lowest BCUT2D eigenvalue weighted by atomic mass is 10.1. The monoisotopic (exact) mass is 456 g/mol. The maximum absolute atomic E-state index is 12.9. The van der Waals surface area contributed by atoms with Crippen molar-refractivity contribution in [3.63, 3.8) is 0 Å². The molecule has 0 radical (unpaired) electrons. The summed E-state index contributed by atoms with van der Waals surface area (Å²) in [7, 11) is 0. The Labute approximate surface area is 196 Å². The van der Waals surface area contributed by atoms with Crippen LogP contribution in [0.2, 0.25) is 0 Å². The van der Waals surface area contributed by atoms with Gasteiger partial charge in [0.1, 0.15) is 5.56 Å². The average Bonchev–Trinajstić information content (AvgIpc) is 3.23. The lowest BCUT2D eigenvalue weighted by Gasteiger charge is -2.25. The second-order valence-corrected chi connectivity index (χ2v) is 9.21. The number of benzene rings is 2. The molecule has 166 valence electrons. The van der Waals surface area contributed by atoms with Crippen LogP contribution in [0.25, 0.3) is 0 Å². The second kappa shape index (κ2) is 9.52. The normalized spacial score (nSPS) is 13.5. The van der Waals surface area contributed by atoms with Crippen molar-refractivity contribution in [2.45, 2.75) is 26.1 Å². The Kier molecular flexibility index (Phi) is 6.15. The van der Waals surface area contributed by atoms with Crippen molar-refractivity contribution in [3.8, 4) is 0 Å². The van der Waals surface area contributed by atoms with Gasteiger partial charge in [-0.15, -0.1) is 11.3 Å². The maximum atomic E-state index is 12.9. The number of nitrogens with zero attached hydrogens (tertiary/aromatic N) is 3. The quantitative estimate of drug-likeness (QED) is 0.473. The number of amides is 1. The summed E-state index contributed by atoms with van der Waals surface area (Å²) in [5.41, 5.74) is 3.13. The van der Waals surface area contributed by atoms with E-state index in [1.165, 1.54) is 21.8 Å². The largest absolute Gasteiger partial charge is 0.310 e.